The number of benzene rings is 1. The lowest BCUT2D eigenvalue weighted by Gasteiger charge is -2.27. The standard InChI is InChI=1S/C19H24FN3O2/c1-12-7-9-13(10-8-12)15-16(20)22-17(21-15)14-6-5-11-23(14)18(24)25-19(2,3)4/h7-10,14H,5-6,11H2,1-4H3,(H,21,22). The Balaban J connectivity index is 1.85. The summed E-state index contributed by atoms with van der Waals surface area (Å²) in [5.74, 6) is -0.00803. The molecule has 2 aromatic rings. The van der Waals surface area contributed by atoms with Gasteiger partial charge in [-0.25, -0.2) is 9.78 Å². The van der Waals surface area contributed by atoms with Crippen LogP contribution in [0.5, 0.6) is 0 Å². The van der Waals surface area contributed by atoms with Crippen LogP contribution in [-0.2, 0) is 4.74 Å². The van der Waals surface area contributed by atoms with E-state index in [0.29, 0.717) is 17.9 Å². The summed E-state index contributed by atoms with van der Waals surface area (Å²) in [6, 6.07) is 7.25. The summed E-state index contributed by atoms with van der Waals surface area (Å²) in [6.07, 6.45) is 1.19. The second kappa shape index (κ2) is 6.50. The highest BCUT2D eigenvalue weighted by molar-refractivity contribution is 5.69. The Morgan fingerprint density at radius 2 is 2.00 bits per heavy atom. The topological polar surface area (TPSA) is 58.2 Å². The van der Waals surface area contributed by atoms with Crippen LogP contribution >= 0.6 is 0 Å². The van der Waals surface area contributed by atoms with E-state index < -0.39 is 11.5 Å². The molecule has 5 nitrogen and oxygen atoms in total. The van der Waals surface area contributed by atoms with Crippen molar-refractivity contribution in [2.45, 2.75) is 52.2 Å². The lowest BCUT2D eigenvalue weighted by molar-refractivity contribution is 0.0218. The fourth-order valence-electron chi connectivity index (χ4n) is 3.02. The number of ether oxygens (including phenoxy) is 1. The van der Waals surface area contributed by atoms with Gasteiger partial charge in [-0.2, -0.15) is 4.39 Å². The molecule has 1 aliphatic heterocycles. The number of halogens is 1. The fraction of sp³-hybridized carbons (Fsp3) is 0.474. The van der Waals surface area contributed by atoms with Gasteiger partial charge in [-0.15, -0.1) is 0 Å². The van der Waals surface area contributed by atoms with Crippen LogP contribution in [-0.4, -0.2) is 33.1 Å². The smallest absolute Gasteiger partial charge is 0.410 e. The van der Waals surface area contributed by atoms with E-state index in [1.807, 2.05) is 52.0 Å². The number of hydrogen-bond donors (Lipinski definition) is 1. The molecule has 0 spiro atoms. The Hall–Kier alpha value is -2.37. The molecule has 134 valence electrons. The number of imidazole rings is 1. The summed E-state index contributed by atoms with van der Waals surface area (Å²) in [7, 11) is 0. The Bertz CT molecular complexity index is 762. The molecule has 0 aliphatic carbocycles. The maximum atomic E-state index is 14.4. The van der Waals surface area contributed by atoms with E-state index in [9.17, 15) is 9.18 Å². The molecule has 1 N–H and O–H groups in total. The zero-order valence-electron chi connectivity index (χ0n) is 15.1. The predicted octanol–water partition coefficient (Wildman–Crippen LogP) is 4.60. The number of nitrogens with zero attached hydrogens (tertiary/aromatic N) is 2. The van der Waals surface area contributed by atoms with E-state index >= 15 is 0 Å². The van der Waals surface area contributed by atoms with E-state index in [1.165, 1.54) is 0 Å². The molecule has 1 unspecified atom stereocenters. The molecule has 3 rings (SSSR count). The van der Waals surface area contributed by atoms with Gasteiger partial charge in [-0.05, 0) is 40.5 Å². The number of carbonyl (C=O) groups is 1. The minimum atomic E-state index is -0.564. The van der Waals surface area contributed by atoms with Crippen LogP contribution < -0.4 is 0 Å². The summed E-state index contributed by atoms with van der Waals surface area (Å²) in [4.78, 5) is 21.2. The summed E-state index contributed by atoms with van der Waals surface area (Å²) in [5.41, 5.74) is 1.54. The number of aromatic nitrogens is 2. The molecule has 1 fully saturated rings. The van der Waals surface area contributed by atoms with Gasteiger partial charge in [0.2, 0.25) is 5.95 Å². The molecule has 1 amide bonds. The minimum Gasteiger partial charge on any atom is -0.444 e. The number of carbonyl (C=O) groups excluding carboxylic acids is 1. The molecule has 25 heavy (non-hydrogen) atoms. The van der Waals surface area contributed by atoms with Crippen molar-refractivity contribution in [1.82, 2.24) is 14.9 Å². The van der Waals surface area contributed by atoms with E-state index in [-0.39, 0.29) is 17.8 Å². The second-order valence-corrected chi connectivity index (χ2v) is 7.48. The first-order valence-corrected chi connectivity index (χ1v) is 8.56. The van der Waals surface area contributed by atoms with Crippen LogP contribution in [0.25, 0.3) is 11.3 Å². The first kappa shape index (κ1) is 17.5. The monoisotopic (exact) mass is 345 g/mol. The van der Waals surface area contributed by atoms with Crippen molar-refractivity contribution < 1.29 is 13.9 Å². The Morgan fingerprint density at radius 1 is 1.32 bits per heavy atom. The molecule has 0 saturated carbocycles. The van der Waals surface area contributed by atoms with E-state index in [4.69, 9.17) is 4.74 Å². The zero-order chi connectivity index (χ0) is 18.2. The van der Waals surface area contributed by atoms with Gasteiger partial charge in [0.15, 0.2) is 0 Å². The molecule has 1 aromatic heterocycles. The highest BCUT2D eigenvalue weighted by Gasteiger charge is 2.35. The number of rotatable bonds is 2. The summed E-state index contributed by atoms with van der Waals surface area (Å²) in [5, 5.41) is 0. The van der Waals surface area contributed by atoms with Gasteiger partial charge >= 0.3 is 6.09 Å². The lowest BCUT2D eigenvalue weighted by atomic mass is 10.1. The van der Waals surface area contributed by atoms with Crippen molar-refractivity contribution in [3.05, 3.63) is 41.6 Å². The highest BCUT2D eigenvalue weighted by atomic mass is 19.1. The molecule has 0 bridgehead atoms. The number of nitrogens with one attached hydrogen (secondary N) is 1. The van der Waals surface area contributed by atoms with Gasteiger partial charge in [0, 0.05) is 12.1 Å². The number of amides is 1. The molecule has 1 aromatic carbocycles. The fourth-order valence-corrected chi connectivity index (χ4v) is 3.02. The van der Waals surface area contributed by atoms with Gasteiger partial charge in [-0.1, -0.05) is 29.8 Å². The zero-order valence-corrected chi connectivity index (χ0v) is 15.1. The highest BCUT2D eigenvalue weighted by Crippen LogP contribution is 2.33. The normalized spacial score (nSPS) is 17.8. The summed E-state index contributed by atoms with van der Waals surface area (Å²) < 4.78 is 19.9. The Kier molecular flexibility index (Phi) is 4.54. The summed E-state index contributed by atoms with van der Waals surface area (Å²) in [6.45, 7) is 8.06. The average Bonchev–Trinajstić information content (AvgIpc) is 3.13. The first-order chi connectivity index (χ1) is 11.7. The first-order valence-electron chi connectivity index (χ1n) is 8.56. The van der Waals surface area contributed by atoms with Crippen LogP contribution in [0.3, 0.4) is 0 Å². The van der Waals surface area contributed by atoms with Crippen LogP contribution in [0.1, 0.15) is 51.0 Å². The molecule has 2 heterocycles. The van der Waals surface area contributed by atoms with Crippen LogP contribution in [0.15, 0.2) is 24.3 Å². The molecule has 6 heteroatoms. The van der Waals surface area contributed by atoms with E-state index in [2.05, 4.69) is 9.97 Å². The van der Waals surface area contributed by atoms with E-state index in [0.717, 1.165) is 18.4 Å². The third-order valence-electron chi connectivity index (χ3n) is 4.20. The third kappa shape index (κ3) is 3.83. The third-order valence-corrected chi connectivity index (χ3v) is 4.20. The quantitative estimate of drug-likeness (QED) is 0.865. The van der Waals surface area contributed by atoms with Crippen molar-refractivity contribution in [2.24, 2.45) is 0 Å². The van der Waals surface area contributed by atoms with Crippen LogP contribution in [0, 0.1) is 12.9 Å². The van der Waals surface area contributed by atoms with Crippen LogP contribution in [0.2, 0.25) is 0 Å². The van der Waals surface area contributed by atoms with Crippen molar-refractivity contribution in [1.29, 1.82) is 0 Å². The van der Waals surface area contributed by atoms with Crippen molar-refractivity contribution >= 4 is 6.09 Å². The second-order valence-electron chi connectivity index (χ2n) is 7.48. The largest absolute Gasteiger partial charge is 0.444 e. The summed E-state index contributed by atoms with van der Waals surface area (Å²) >= 11 is 0. The van der Waals surface area contributed by atoms with Crippen molar-refractivity contribution in [3.63, 3.8) is 0 Å². The molecule has 1 atom stereocenters. The SMILES string of the molecule is Cc1ccc(-c2nc(C3CCCN3C(=O)OC(C)(C)C)[nH]c2F)cc1. The predicted molar refractivity (Wildman–Crippen MR) is 93.6 cm³/mol. The minimum absolute atomic E-state index is 0.283. The molecular formula is C19H24FN3O2. The van der Waals surface area contributed by atoms with Gasteiger partial charge in [0.25, 0.3) is 0 Å². The van der Waals surface area contributed by atoms with Gasteiger partial charge in [-0.3, -0.25) is 4.90 Å². The van der Waals surface area contributed by atoms with Gasteiger partial charge in [0.1, 0.15) is 17.1 Å². The molecule has 0 radical (unpaired) electrons. The maximum absolute atomic E-state index is 14.4. The van der Waals surface area contributed by atoms with Crippen molar-refractivity contribution in [2.75, 3.05) is 6.54 Å². The number of aryl methyl sites for hydroxylation is 1. The van der Waals surface area contributed by atoms with Crippen LogP contribution in [0.4, 0.5) is 9.18 Å². The Morgan fingerprint density at radius 3 is 2.64 bits per heavy atom. The number of aromatic amines is 1. The van der Waals surface area contributed by atoms with Gasteiger partial charge < -0.3 is 9.72 Å². The van der Waals surface area contributed by atoms with Crippen molar-refractivity contribution in [3.8, 4) is 11.3 Å². The Labute approximate surface area is 147 Å². The molecule has 1 saturated heterocycles. The number of H-pyrrole nitrogens is 1. The maximum Gasteiger partial charge on any atom is 0.410 e. The number of hydrogen-bond acceptors (Lipinski definition) is 3. The van der Waals surface area contributed by atoms with E-state index in [1.54, 1.807) is 4.90 Å². The van der Waals surface area contributed by atoms with Gasteiger partial charge in [0.05, 0.1) is 6.04 Å². The molecule has 1 aliphatic rings. The average molecular weight is 345 g/mol. The molecular weight excluding hydrogens is 321 g/mol. The lowest BCUT2D eigenvalue weighted by Crippen LogP contribution is -2.36. The number of likely N-dealkylation sites (tertiary alicyclic amines) is 1.